The number of aromatic nitrogens is 1. The maximum Gasteiger partial charge on any atom is 0.227 e. The Morgan fingerprint density at radius 3 is 2.85 bits per heavy atom. The number of nitrogens with one attached hydrogen (secondary N) is 1. The molecule has 2 aromatic rings. The molecule has 1 aliphatic heterocycles. The van der Waals surface area contributed by atoms with E-state index in [-0.39, 0.29) is 24.2 Å². The van der Waals surface area contributed by atoms with Crippen molar-refractivity contribution in [3.8, 4) is 5.75 Å². The zero-order valence-electron chi connectivity index (χ0n) is 15.3. The fourth-order valence-corrected chi connectivity index (χ4v) is 3.15. The van der Waals surface area contributed by atoms with Gasteiger partial charge >= 0.3 is 0 Å². The van der Waals surface area contributed by atoms with E-state index in [1.165, 1.54) is 0 Å². The minimum absolute atomic E-state index is 0.0669. The Hall–Kier alpha value is -2.89. The van der Waals surface area contributed by atoms with Crippen molar-refractivity contribution in [2.24, 2.45) is 5.92 Å². The first-order valence-electron chi connectivity index (χ1n) is 8.63. The average molecular weight is 353 g/mol. The van der Waals surface area contributed by atoms with E-state index in [0.717, 1.165) is 17.0 Å². The van der Waals surface area contributed by atoms with E-state index in [2.05, 4.69) is 10.3 Å². The molecule has 6 heteroatoms. The Balaban J connectivity index is 1.67. The number of nitrogens with zero attached hydrogens (tertiary/aromatic N) is 2. The fourth-order valence-electron chi connectivity index (χ4n) is 3.15. The van der Waals surface area contributed by atoms with Crippen molar-refractivity contribution in [2.45, 2.75) is 26.8 Å². The van der Waals surface area contributed by atoms with Crippen molar-refractivity contribution in [3.63, 3.8) is 0 Å². The minimum Gasteiger partial charge on any atom is -0.495 e. The third-order valence-corrected chi connectivity index (χ3v) is 4.51. The van der Waals surface area contributed by atoms with E-state index in [4.69, 9.17) is 4.74 Å². The molecule has 6 nitrogen and oxygen atoms in total. The van der Waals surface area contributed by atoms with Crippen LogP contribution in [0.25, 0.3) is 0 Å². The molecule has 0 saturated carbocycles. The van der Waals surface area contributed by atoms with Crippen LogP contribution in [0, 0.1) is 19.8 Å². The Morgan fingerprint density at radius 1 is 1.31 bits per heavy atom. The maximum absolute atomic E-state index is 12.5. The van der Waals surface area contributed by atoms with Gasteiger partial charge in [0, 0.05) is 18.7 Å². The van der Waals surface area contributed by atoms with Gasteiger partial charge in [0.25, 0.3) is 0 Å². The summed E-state index contributed by atoms with van der Waals surface area (Å²) in [5, 5.41) is 2.89. The van der Waals surface area contributed by atoms with E-state index in [9.17, 15) is 9.59 Å². The summed E-state index contributed by atoms with van der Waals surface area (Å²) in [4.78, 5) is 31.0. The number of carbonyl (C=O) groups excluding carboxylic acids is 2. The van der Waals surface area contributed by atoms with Crippen molar-refractivity contribution in [3.05, 3.63) is 53.3 Å². The smallest absolute Gasteiger partial charge is 0.227 e. The van der Waals surface area contributed by atoms with Gasteiger partial charge in [0.2, 0.25) is 11.8 Å². The fraction of sp³-hybridized carbons (Fsp3) is 0.350. The Morgan fingerprint density at radius 2 is 2.12 bits per heavy atom. The van der Waals surface area contributed by atoms with Crippen molar-refractivity contribution < 1.29 is 14.3 Å². The monoisotopic (exact) mass is 353 g/mol. The highest BCUT2D eigenvalue weighted by Crippen LogP contribution is 2.33. The van der Waals surface area contributed by atoms with E-state index in [1.54, 1.807) is 12.0 Å². The number of hydrogen-bond acceptors (Lipinski definition) is 4. The second-order valence-corrected chi connectivity index (χ2v) is 6.57. The first kappa shape index (κ1) is 17.9. The van der Waals surface area contributed by atoms with Gasteiger partial charge in [-0.05, 0) is 43.7 Å². The summed E-state index contributed by atoms with van der Waals surface area (Å²) >= 11 is 0. The van der Waals surface area contributed by atoms with Gasteiger partial charge in [0.1, 0.15) is 5.75 Å². The van der Waals surface area contributed by atoms with E-state index < -0.39 is 0 Å². The van der Waals surface area contributed by atoms with Crippen molar-refractivity contribution >= 4 is 17.5 Å². The second kappa shape index (κ2) is 7.56. The van der Waals surface area contributed by atoms with Gasteiger partial charge in [0.15, 0.2) is 0 Å². The Labute approximate surface area is 153 Å². The number of ether oxygens (including phenoxy) is 1. The molecule has 1 aromatic carbocycles. The molecule has 1 aromatic heterocycles. The van der Waals surface area contributed by atoms with Gasteiger partial charge in [0.05, 0.1) is 31.0 Å². The second-order valence-electron chi connectivity index (χ2n) is 6.57. The molecule has 0 radical (unpaired) electrons. The molecular weight excluding hydrogens is 330 g/mol. The van der Waals surface area contributed by atoms with Crippen LogP contribution in [0.2, 0.25) is 0 Å². The number of hydrogen-bond donors (Lipinski definition) is 1. The molecule has 1 unspecified atom stereocenters. The number of methoxy groups -OCH3 is 1. The number of amides is 2. The standard InChI is InChI=1S/C20H23N3O3/c1-13-7-8-18(26-3)17(9-13)23-12-15(10-19(23)24)20(25)21-11-16-6-4-5-14(2)22-16/h4-9,15H,10-12H2,1-3H3,(H,21,25). The summed E-state index contributed by atoms with van der Waals surface area (Å²) < 4.78 is 5.37. The molecule has 26 heavy (non-hydrogen) atoms. The van der Waals surface area contributed by atoms with Crippen LogP contribution in [0.3, 0.4) is 0 Å². The third-order valence-electron chi connectivity index (χ3n) is 4.51. The van der Waals surface area contributed by atoms with Crippen LogP contribution < -0.4 is 15.0 Å². The number of anilines is 1. The zero-order chi connectivity index (χ0) is 18.7. The van der Waals surface area contributed by atoms with Gasteiger partial charge in [-0.15, -0.1) is 0 Å². The topological polar surface area (TPSA) is 71.5 Å². The molecule has 136 valence electrons. The molecule has 1 aliphatic rings. The van der Waals surface area contributed by atoms with E-state index >= 15 is 0 Å². The van der Waals surface area contributed by atoms with Gasteiger partial charge in [-0.3, -0.25) is 14.6 Å². The number of rotatable bonds is 5. The molecule has 3 rings (SSSR count). The van der Waals surface area contributed by atoms with Crippen LogP contribution in [0.1, 0.15) is 23.4 Å². The number of pyridine rings is 1. The van der Waals surface area contributed by atoms with Crippen LogP contribution in [0.4, 0.5) is 5.69 Å². The lowest BCUT2D eigenvalue weighted by Crippen LogP contribution is -2.33. The lowest BCUT2D eigenvalue weighted by atomic mass is 10.1. The van der Waals surface area contributed by atoms with Crippen LogP contribution in [0.15, 0.2) is 36.4 Å². The van der Waals surface area contributed by atoms with Gasteiger partial charge in [-0.2, -0.15) is 0 Å². The molecule has 2 amide bonds. The summed E-state index contributed by atoms with van der Waals surface area (Å²) in [6, 6.07) is 11.4. The molecule has 2 heterocycles. The highest BCUT2D eigenvalue weighted by molar-refractivity contribution is 6.01. The molecule has 1 atom stereocenters. The van der Waals surface area contributed by atoms with E-state index in [1.807, 2.05) is 50.2 Å². The first-order valence-corrected chi connectivity index (χ1v) is 8.63. The summed E-state index contributed by atoms with van der Waals surface area (Å²) in [5.41, 5.74) is 3.46. The van der Waals surface area contributed by atoms with Crippen LogP contribution in [-0.2, 0) is 16.1 Å². The first-order chi connectivity index (χ1) is 12.5. The van der Waals surface area contributed by atoms with Gasteiger partial charge < -0.3 is 15.0 Å². The van der Waals surface area contributed by atoms with Crippen molar-refractivity contribution in [1.29, 1.82) is 0 Å². The number of benzene rings is 1. The van der Waals surface area contributed by atoms with Crippen molar-refractivity contribution in [2.75, 3.05) is 18.6 Å². The normalized spacial score (nSPS) is 16.7. The van der Waals surface area contributed by atoms with Crippen LogP contribution >= 0.6 is 0 Å². The largest absolute Gasteiger partial charge is 0.495 e. The molecule has 0 bridgehead atoms. The molecule has 1 N–H and O–H groups in total. The quantitative estimate of drug-likeness (QED) is 0.896. The highest BCUT2D eigenvalue weighted by atomic mass is 16.5. The van der Waals surface area contributed by atoms with Crippen LogP contribution in [-0.4, -0.2) is 30.5 Å². The van der Waals surface area contributed by atoms with Gasteiger partial charge in [-0.25, -0.2) is 0 Å². The zero-order valence-corrected chi connectivity index (χ0v) is 15.3. The maximum atomic E-state index is 12.5. The number of carbonyl (C=O) groups is 2. The number of aryl methyl sites for hydroxylation is 2. The summed E-state index contributed by atoms with van der Waals surface area (Å²) in [6.07, 6.45) is 0.199. The Bertz CT molecular complexity index is 835. The predicted molar refractivity (Wildman–Crippen MR) is 99.0 cm³/mol. The summed E-state index contributed by atoms with van der Waals surface area (Å²) in [5.74, 6) is 0.0602. The Kier molecular flexibility index (Phi) is 5.21. The highest BCUT2D eigenvalue weighted by Gasteiger charge is 2.36. The van der Waals surface area contributed by atoms with Crippen molar-refractivity contribution in [1.82, 2.24) is 10.3 Å². The molecule has 1 saturated heterocycles. The lowest BCUT2D eigenvalue weighted by molar-refractivity contribution is -0.126. The minimum atomic E-state index is -0.377. The molecule has 0 aliphatic carbocycles. The molecule has 0 spiro atoms. The molecule has 1 fully saturated rings. The average Bonchev–Trinajstić information content (AvgIpc) is 3.01. The summed E-state index contributed by atoms with van der Waals surface area (Å²) in [7, 11) is 1.58. The predicted octanol–water partition coefficient (Wildman–Crippen LogP) is 2.38. The molecular formula is C20H23N3O3. The SMILES string of the molecule is COc1ccc(C)cc1N1CC(C(=O)NCc2cccc(C)n2)CC1=O. The third kappa shape index (κ3) is 3.85. The van der Waals surface area contributed by atoms with Gasteiger partial charge in [-0.1, -0.05) is 12.1 Å². The summed E-state index contributed by atoms with van der Waals surface area (Å²) in [6.45, 7) is 4.58. The van der Waals surface area contributed by atoms with Crippen LogP contribution in [0.5, 0.6) is 5.75 Å². The lowest BCUT2D eigenvalue weighted by Gasteiger charge is -2.20. The van der Waals surface area contributed by atoms with E-state index in [0.29, 0.717) is 24.5 Å².